The molecule has 1 aliphatic rings. The number of rotatable bonds is 10. The van der Waals surface area contributed by atoms with E-state index in [0.29, 0.717) is 30.2 Å². The minimum Gasteiger partial charge on any atom is -0.493 e. The molecule has 0 aromatic heterocycles. The summed E-state index contributed by atoms with van der Waals surface area (Å²) < 4.78 is 11.1. The molecule has 1 fully saturated rings. The van der Waals surface area contributed by atoms with Crippen molar-refractivity contribution in [1.29, 1.82) is 0 Å². The first-order chi connectivity index (χ1) is 14.0. The zero-order chi connectivity index (χ0) is 21.2. The summed E-state index contributed by atoms with van der Waals surface area (Å²) in [5.41, 5.74) is 0.554. The fourth-order valence-electron chi connectivity index (χ4n) is 3.62. The molecule has 6 nitrogen and oxygen atoms in total. The second-order valence-electron chi connectivity index (χ2n) is 7.97. The van der Waals surface area contributed by atoms with Gasteiger partial charge in [-0.3, -0.25) is 9.59 Å². The predicted molar refractivity (Wildman–Crippen MR) is 115 cm³/mol. The van der Waals surface area contributed by atoms with Crippen molar-refractivity contribution in [3.8, 4) is 11.5 Å². The van der Waals surface area contributed by atoms with Crippen molar-refractivity contribution in [2.45, 2.75) is 65.4 Å². The summed E-state index contributed by atoms with van der Waals surface area (Å²) in [6.07, 6.45) is 6.23. The number of methoxy groups -OCH3 is 1. The molecule has 2 rings (SSSR count). The van der Waals surface area contributed by atoms with E-state index in [0.717, 1.165) is 32.2 Å². The van der Waals surface area contributed by atoms with Crippen LogP contribution >= 0.6 is 0 Å². The average Bonchev–Trinajstić information content (AvgIpc) is 2.73. The maximum Gasteiger partial charge on any atom is 0.254 e. The lowest BCUT2D eigenvalue weighted by Crippen LogP contribution is -2.45. The molecule has 1 aromatic rings. The van der Waals surface area contributed by atoms with Crippen LogP contribution in [0, 0.1) is 5.92 Å². The third kappa shape index (κ3) is 6.94. The average molecular weight is 405 g/mol. The Kier molecular flexibility index (Phi) is 9.29. The van der Waals surface area contributed by atoms with E-state index in [1.165, 1.54) is 12.8 Å². The summed E-state index contributed by atoms with van der Waals surface area (Å²) in [4.78, 5) is 27.3. The molecule has 0 radical (unpaired) electrons. The zero-order valence-electron chi connectivity index (χ0n) is 18.3. The first-order valence-corrected chi connectivity index (χ1v) is 10.9. The molecule has 29 heavy (non-hydrogen) atoms. The molecule has 0 saturated carbocycles. The smallest absolute Gasteiger partial charge is 0.254 e. The largest absolute Gasteiger partial charge is 0.493 e. The van der Waals surface area contributed by atoms with Crippen molar-refractivity contribution in [2.75, 3.05) is 26.7 Å². The van der Waals surface area contributed by atoms with Gasteiger partial charge in [-0.25, -0.2) is 0 Å². The summed E-state index contributed by atoms with van der Waals surface area (Å²) >= 11 is 0. The van der Waals surface area contributed by atoms with Crippen molar-refractivity contribution in [2.24, 2.45) is 5.92 Å². The fourth-order valence-corrected chi connectivity index (χ4v) is 3.62. The van der Waals surface area contributed by atoms with Crippen LogP contribution in [0.15, 0.2) is 18.2 Å². The van der Waals surface area contributed by atoms with Gasteiger partial charge in [0.05, 0.1) is 19.1 Å². The highest BCUT2D eigenvalue weighted by Crippen LogP contribution is 2.30. The van der Waals surface area contributed by atoms with E-state index in [2.05, 4.69) is 12.2 Å². The van der Waals surface area contributed by atoms with Gasteiger partial charge in [0.25, 0.3) is 5.91 Å². The summed E-state index contributed by atoms with van der Waals surface area (Å²) in [7, 11) is 1.57. The summed E-state index contributed by atoms with van der Waals surface area (Å²) in [6, 6.07) is 5.26. The highest BCUT2D eigenvalue weighted by molar-refractivity contribution is 5.95. The third-order valence-electron chi connectivity index (χ3n) is 5.18. The van der Waals surface area contributed by atoms with Crippen molar-refractivity contribution >= 4 is 11.8 Å². The SMILES string of the molecule is CCCCCCNC(=O)C1CCCN(C(=O)c2ccc(OC(C)C)c(OC)c2)C1. The van der Waals surface area contributed by atoms with Crippen LogP contribution in [-0.2, 0) is 4.79 Å². The predicted octanol–water partition coefficient (Wildman–Crippen LogP) is 4.03. The second kappa shape index (κ2) is 11.7. The number of nitrogens with one attached hydrogen (secondary N) is 1. The third-order valence-corrected chi connectivity index (χ3v) is 5.18. The van der Waals surface area contributed by atoms with Gasteiger partial charge in [-0.15, -0.1) is 0 Å². The van der Waals surface area contributed by atoms with Gasteiger partial charge in [-0.05, 0) is 51.3 Å². The zero-order valence-corrected chi connectivity index (χ0v) is 18.3. The fraction of sp³-hybridized carbons (Fsp3) is 0.652. The molecule has 1 unspecified atom stereocenters. The number of carbonyl (C=O) groups excluding carboxylic acids is 2. The van der Waals surface area contributed by atoms with Crippen LogP contribution in [0.25, 0.3) is 0 Å². The van der Waals surface area contributed by atoms with Crippen LogP contribution in [0.2, 0.25) is 0 Å². The molecule has 2 amide bonds. The Balaban J connectivity index is 1.95. The van der Waals surface area contributed by atoms with Crippen molar-refractivity contribution in [3.05, 3.63) is 23.8 Å². The van der Waals surface area contributed by atoms with Gasteiger partial charge in [0.2, 0.25) is 5.91 Å². The van der Waals surface area contributed by atoms with E-state index in [-0.39, 0.29) is 23.8 Å². The van der Waals surface area contributed by atoms with Gasteiger partial charge in [-0.2, -0.15) is 0 Å². The van der Waals surface area contributed by atoms with Gasteiger partial charge in [0.1, 0.15) is 0 Å². The monoisotopic (exact) mass is 404 g/mol. The lowest BCUT2D eigenvalue weighted by atomic mass is 9.96. The van der Waals surface area contributed by atoms with E-state index >= 15 is 0 Å². The van der Waals surface area contributed by atoms with Crippen LogP contribution in [0.4, 0.5) is 0 Å². The van der Waals surface area contributed by atoms with Crippen LogP contribution in [0.1, 0.15) is 69.7 Å². The Morgan fingerprint density at radius 3 is 2.69 bits per heavy atom. The molecular weight excluding hydrogens is 368 g/mol. The molecule has 1 atom stereocenters. The number of benzene rings is 1. The number of hydrogen-bond acceptors (Lipinski definition) is 4. The topological polar surface area (TPSA) is 67.9 Å². The van der Waals surface area contributed by atoms with E-state index < -0.39 is 0 Å². The normalized spacial score (nSPS) is 16.6. The van der Waals surface area contributed by atoms with E-state index in [1.54, 1.807) is 30.2 Å². The van der Waals surface area contributed by atoms with Crippen molar-refractivity contribution in [3.63, 3.8) is 0 Å². The number of piperidine rings is 1. The Labute approximate surface area is 174 Å². The molecule has 0 spiro atoms. The molecule has 6 heteroatoms. The molecule has 0 bridgehead atoms. The molecule has 1 aromatic carbocycles. The Hall–Kier alpha value is -2.24. The van der Waals surface area contributed by atoms with Crippen LogP contribution in [-0.4, -0.2) is 49.6 Å². The molecule has 1 saturated heterocycles. The number of unbranched alkanes of at least 4 members (excludes halogenated alkanes) is 3. The molecule has 1 heterocycles. The Bertz CT molecular complexity index is 675. The maximum absolute atomic E-state index is 13.0. The van der Waals surface area contributed by atoms with Gasteiger partial charge in [0, 0.05) is 25.2 Å². The molecule has 162 valence electrons. The number of likely N-dealkylation sites (tertiary alicyclic amines) is 1. The van der Waals surface area contributed by atoms with Crippen molar-refractivity contribution in [1.82, 2.24) is 10.2 Å². The number of ether oxygens (including phenoxy) is 2. The standard InChI is InChI=1S/C23H36N2O4/c1-5-6-7-8-13-24-22(26)19-10-9-14-25(16-19)23(27)18-11-12-20(29-17(2)3)21(15-18)28-4/h11-12,15,17,19H,5-10,13-14,16H2,1-4H3,(H,24,26). The Morgan fingerprint density at radius 1 is 1.21 bits per heavy atom. The molecule has 1 aliphatic heterocycles. The second-order valence-corrected chi connectivity index (χ2v) is 7.97. The van der Waals surface area contributed by atoms with E-state index in [4.69, 9.17) is 9.47 Å². The van der Waals surface area contributed by atoms with Crippen LogP contribution in [0.5, 0.6) is 11.5 Å². The highest BCUT2D eigenvalue weighted by atomic mass is 16.5. The maximum atomic E-state index is 13.0. The molecule has 0 aliphatic carbocycles. The van der Waals surface area contributed by atoms with E-state index in [9.17, 15) is 9.59 Å². The lowest BCUT2D eigenvalue weighted by Gasteiger charge is -2.32. The van der Waals surface area contributed by atoms with E-state index in [1.807, 2.05) is 13.8 Å². The van der Waals surface area contributed by atoms with Crippen LogP contribution < -0.4 is 14.8 Å². The first-order valence-electron chi connectivity index (χ1n) is 10.9. The summed E-state index contributed by atoms with van der Waals surface area (Å²) in [6.45, 7) is 7.92. The number of amides is 2. The quantitative estimate of drug-likeness (QED) is 0.598. The molecule has 1 N–H and O–H groups in total. The lowest BCUT2D eigenvalue weighted by molar-refractivity contribution is -0.126. The Morgan fingerprint density at radius 2 is 2.00 bits per heavy atom. The van der Waals surface area contributed by atoms with Crippen LogP contribution in [0.3, 0.4) is 0 Å². The number of carbonyl (C=O) groups is 2. The number of hydrogen-bond donors (Lipinski definition) is 1. The highest BCUT2D eigenvalue weighted by Gasteiger charge is 2.29. The van der Waals surface area contributed by atoms with Crippen molar-refractivity contribution < 1.29 is 19.1 Å². The summed E-state index contributed by atoms with van der Waals surface area (Å²) in [5.74, 6) is 1.03. The number of nitrogens with zero attached hydrogens (tertiary/aromatic N) is 1. The minimum absolute atomic E-state index is 0.0220. The van der Waals surface area contributed by atoms with Gasteiger partial charge < -0.3 is 19.7 Å². The van der Waals surface area contributed by atoms with Gasteiger partial charge >= 0.3 is 0 Å². The minimum atomic E-state index is -0.135. The summed E-state index contributed by atoms with van der Waals surface area (Å²) in [5, 5.41) is 3.04. The van der Waals surface area contributed by atoms with Gasteiger partial charge in [-0.1, -0.05) is 26.2 Å². The van der Waals surface area contributed by atoms with Gasteiger partial charge in [0.15, 0.2) is 11.5 Å². The molecular formula is C23H36N2O4. The first kappa shape index (κ1) is 23.0.